The molecule has 0 spiro atoms. The van der Waals surface area contributed by atoms with Crippen LogP contribution in [0.25, 0.3) is 0 Å². The van der Waals surface area contributed by atoms with Crippen LogP contribution in [-0.4, -0.2) is 54.8 Å². The number of pyridine rings is 1. The summed E-state index contributed by atoms with van der Waals surface area (Å²) >= 11 is 6.33. The molecule has 0 bridgehead atoms. The number of nitrogens with one attached hydrogen (secondary N) is 1. The Morgan fingerprint density at radius 1 is 1.28 bits per heavy atom. The van der Waals surface area contributed by atoms with Gasteiger partial charge in [-0.2, -0.15) is 0 Å². The van der Waals surface area contributed by atoms with Gasteiger partial charge in [0, 0.05) is 37.6 Å². The van der Waals surface area contributed by atoms with Gasteiger partial charge in [0.2, 0.25) is 0 Å². The standard InChI is InChI=1S/C21H29ClN4O2Si/c1-15-13-25(20-19(22)11-16(14-27)12-23-20)9-10-26(15)21(28)24-17-5-7-18(8-6-17)29(2,3)4/h5-8,11-12,15,27H,9-10,13-14H2,1-4H3,(H,24,28). The number of hydrogen-bond acceptors (Lipinski definition) is 4. The van der Waals surface area contributed by atoms with Gasteiger partial charge in [-0.3, -0.25) is 0 Å². The molecule has 0 aliphatic carbocycles. The molecule has 1 fully saturated rings. The number of aromatic nitrogens is 1. The molecule has 2 amide bonds. The number of carbonyl (C=O) groups is 1. The molecule has 1 atom stereocenters. The highest BCUT2D eigenvalue weighted by Crippen LogP contribution is 2.26. The highest BCUT2D eigenvalue weighted by molar-refractivity contribution is 6.88. The summed E-state index contributed by atoms with van der Waals surface area (Å²) in [5, 5.41) is 14.1. The van der Waals surface area contributed by atoms with E-state index in [1.54, 1.807) is 12.3 Å². The van der Waals surface area contributed by atoms with Gasteiger partial charge in [-0.05, 0) is 30.7 Å². The fourth-order valence-electron chi connectivity index (χ4n) is 3.49. The first-order chi connectivity index (χ1) is 13.7. The number of piperazine rings is 1. The van der Waals surface area contributed by atoms with Crippen LogP contribution in [0, 0.1) is 0 Å². The Morgan fingerprint density at radius 2 is 1.97 bits per heavy atom. The van der Waals surface area contributed by atoms with Crippen molar-refractivity contribution in [3.8, 4) is 0 Å². The fraction of sp³-hybridized carbons (Fsp3) is 0.429. The van der Waals surface area contributed by atoms with Crippen molar-refractivity contribution in [2.24, 2.45) is 0 Å². The number of nitrogens with zero attached hydrogens (tertiary/aromatic N) is 3. The summed E-state index contributed by atoms with van der Waals surface area (Å²) < 4.78 is 0. The Bertz CT molecular complexity index is 870. The Hall–Kier alpha value is -2.09. The average Bonchev–Trinajstić information content (AvgIpc) is 2.67. The minimum atomic E-state index is -1.35. The van der Waals surface area contributed by atoms with Crippen molar-refractivity contribution < 1.29 is 9.90 Å². The Kier molecular flexibility index (Phi) is 6.51. The molecular formula is C21H29ClN4O2Si. The number of hydrogen-bond donors (Lipinski definition) is 2. The lowest BCUT2D eigenvalue weighted by molar-refractivity contribution is 0.184. The van der Waals surface area contributed by atoms with E-state index in [0.29, 0.717) is 36.0 Å². The van der Waals surface area contributed by atoms with Crippen molar-refractivity contribution >= 4 is 42.4 Å². The number of rotatable bonds is 4. The smallest absolute Gasteiger partial charge is 0.322 e. The van der Waals surface area contributed by atoms with Crippen LogP contribution in [-0.2, 0) is 6.61 Å². The van der Waals surface area contributed by atoms with Crippen LogP contribution in [0.5, 0.6) is 0 Å². The Balaban J connectivity index is 1.63. The van der Waals surface area contributed by atoms with E-state index in [4.69, 9.17) is 11.6 Å². The maximum Gasteiger partial charge on any atom is 0.322 e. The summed E-state index contributed by atoms with van der Waals surface area (Å²) in [6, 6.07) is 9.86. The molecule has 1 aromatic carbocycles. The molecule has 8 heteroatoms. The number of carbonyl (C=O) groups excluding carboxylic acids is 1. The van der Waals surface area contributed by atoms with Gasteiger partial charge in [-0.25, -0.2) is 9.78 Å². The Morgan fingerprint density at radius 3 is 2.52 bits per heavy atom. The van der Waals surface area contributed by atoms with Crippen LogP contribution in [0.1, 0.15) is 12.5 Å². The summed E-state index contributed by atoms with van der Waals surface area (Å²) in [4.78, 5) is 21.1. The quantitative estimate of drug-likeness (QED) is 0.725. The van der Waals surface area contributed by atoms with Gasteiger partial charge in [0.1, 0.15) is 5.82 Å². The number of amides is 2. The maximum absolute atomic E-state index is 12.8. The molecule has 1 aliphatic heterocycles. The predicted octanol–water partition coefficient (Wildman–Crippen LogP) is 3.52. The molecule has 0 radical (unpaired) electrons. The topological polar surface area (TPSA) is 68.7 Å². The van der Waals surface area contributed by atoms with Crippen molar-refractivity contribution in [3.63, 3.8) is 0 Å². The zero-order valence-electron chi connectivity index (χ0n) is 17.4. The average molecular weight is 433 g/mol. The van der Waals surface area contributed by atoms with Gasteiger partial charge in [0.05, 0.1) is 19.7 Å². The van der Waals surface area contributed by atoms with Crippen LogP contribution in [0.4, 0.5) is 16.3 Å². The molecule has 1 unspecified atom stereocenters. The normalized spacial score (nSPS) is 17.4. The number of aliphatic hydroxyl groups is 1. The van der Waals surface area contributed by atoms with E-state index in [2.05, 4.69) is 47.0 Å². The maximum atomic E-state index is 12.8. The van der Waals surface area contributed by atoms with Crippen molar-refractivity contribution in [2.75, 3.05) is 29.9 Å². The first kappa shape index (κ1) is 21.6. The monoisotopic (exact) mass is 432 g/mol. The summed E-state index contributed by atoms with van der Waals surface area (Å²) in [7, 11) is -1.35. The van der Waals surface area contributed by atoms with Crippen LogP contribution in [0.3, 0.4) is 0 Å². The molecule has 1 aliphatic rings. The second kappa shape index (κ2) is 8.73. The predicted molar refractivity (Wildman–Crippen MR) is 122 cm³/mol. The molecular weight excluding hydrogens is 404 g/mol. The molecule has 3 rings (SSSR count). The number of benzene rings is 1. The van der Waals surface area contributed by atoms with E-state index in [0.717, 1.165) is 5.69 Å². The molecule has 2 heterocycles. The third kappa shape index (κ3) is 5.10. The lowest BCUT2D eigenvalue weighted by Crippen LogP contribution is -2.55. The van der Waals surface area contributed by atoms with Gasteiger partial charge >= 0.3 is 6.03 Å². The number of aliphatic hydroxyl groups excluding tert-OH is 1. The first-order valence-electron chi connectivity index (χ1n) is 9.87. The van der Waals surface area contributed by atoms with E-state index in [-0.39, 0.29) is 18.7 Å². The van der Waals surface area contributed by atoms with Crippen LogP contribution < -0.4 is 15.4 Å². The highest BCUT2D eigenvalue weighted by atomic mass is 35.5. The van der Waals surface area contributed by atoms with E-state index < -0.39 is 8.07 Å². The van der Waals surface area contributed by atoms with E-state index in [1.165, 1.54) is 5.19 Å². The second-order valence-electron chi connectivity index (χ2n) is 8.55. The van der Waals surface area contributed by atoms with Gasteiger partial charge in [0.25, 0.3) is 0 Å². The van der Waals surface area contributed by atoms with E-state index >= 15 is 0 Å². The third-order valence-corrected chi connectivity index (χ3v) is 7.59. The lowest BCUT2D eigenvalue weighted by Gasteiger charge is -2.40. The van der Waals surface area contributed by atoms with Crippen LogP contribution >= 0.6 is 11.6 Å². The largest absolute Gasteiger partial charge is 0.392 e. The summed E-state index contributed by atoms with van der Waals surface area (Å²) in [6.45, 7) is 10.7. The van der Waals surface area contributed by atoms with Gasteiger partial charge < -0.3 is 20.2 Å². The zero-order chi connectivity index (χ0) is 21.2. The zero-order valence-corrected chi connectivity index (χ0v) is 19.2. The van der Waals surface area contributed by atoms with Crippen LogP contribution in [0.2, 0.25) is 24.7 Å². The number of anilines is 2. The summed E-state index contributed by atoms with van der Waals surface area (Å²) in [6.07, 6.45) is 1.63. The summed E-state index contributed by atoms with van der Waals surface area (Å²) in [5.74, 6) is 0.692. The molecule has 6 nitrogen and oxygen atoms in total. The Labute approximate surface area is 178 Å². The molecule has 2 aromatic rings. The van der Waals surface area contributed by atoms with Crippen molar-refractivity contribution in [2.45, 2.75) is 39.2 Å². The molecule has 29 heavy (non-hydrogen) atoms. The van der Waals surface area contributed by atoms with E-state index in [1.807, 2.05) is 24.0 Å². The van der Waals surface area contributed by atoms with Crippen LogP contribution in [0.15, 0.2) is 36.5 Å². The van der Waals surface area contributed by atoms with Gasteiger partial charge in [-0.1, -0.05) is 48.6 Å². The van der Waals surface area contributed by atoms with E-state index in [9.17, 15) is 9.90 Å². The summed E-state index contributed by atoms with van der Waals surface area (Å²) in [5.41, 5.74) is 1.50. The minimum Gasteiger partial charge on any atom is -0.392 e. The molecule has 2 N–H and O–H groups in total. The SMILES string of the molecule is CC1CN(c2ncc(CO)cc2Cl)CCN1C(=O)Nc1ccc([Si](C)(C)C)cc1. The van der Waals surface area contributed by atoms with Crippen molar-refractivity contribution in [1.29, 1.82) is 0 Å². The highest BCUT2D eigenvalue weighted by Gasteiger charge is 2.29. The van der Waals surface area contributed by atoms with Gasteiger partial charge in [0.15, 0.2) is 0 Å². The van der Waals surface area contributed by atoms with Crippen molar-refractivity contribution in [3.05, 3.63) is 47.1 Å². The second-order valence-corrected chi connectivity index (χ2v) is 14.0. The lowest BCUT2D eigenvalue weighted by atomic mass is 10.2. The minimum absolute atomic E-state index is 0.0143. The van der Waals surface area contributed by atoms with Gasteiger partial charge in [-0.15, -0.1) is 0 Å². The molecule has 1 aromatic heterocycles. The molecule has 156 valence electrons. The molecule has 1 saturated heterocycles. The fourth-order valence-corrected chi connectivity index (χ4v) is 4.97. The number of urea groups is 1. The first-order valence-corrected chi connectivity index (χ1v) is 13.7. The number of halogens is 1. The van der Waals surface area contributed by atoms with Crippen molar-refractivity contribution in [1.82, 2.24) is 9.88 Å². The molecule has 0 saturated carbocycles. The third-order valence-electron chi connectivity index (χ3n) is 5.25.